The van der Waals surface area contributed by atoms with E-state index in [1.165, 1.54) is 22.7 Å². The topological polar surface area (TPSA) is 49.4 Å². The standard InChI is InChI=1S/C23H18ClFN2O2S/c1-14-10-11-18(25)20(12-14)27-21(28)13-30-23(27)16-7-3-5-9-19(16)26-22(29)15-6-2-4-8-17(15)24/h2-12,23H,13H2,1H3,(H,26,29)/t23-/m0/s1. The van der Waals surface area contributed by atoms with Crippen LogP contribution in [0.4, 0.5) is 15.8 Å². The number of hydrogen-bond acceptors (Lipinski definition) is 3. The Morgan fingerprint density at radius 1 is 1.13 bits per heavy atom. The smallest absolute Gasteiger partial charge is 0.257 e. The summed E-state index contributed by atoms with van der Waals surface area (Å²) in [5, 5.41) is 2.78. The molecule has 152 valence electrons. The first-order valence-corrected chi connectivity index (χ1v) is 10.7. The van der Waals surface area contributed by atoms with Crippen LogP contribution in [0, 0.1) is 12.7 Å². The van der Waals surface area contributed by atoms with Crippen LogP contribution in [0.3, 0.4) is 0 Å². The van der Waals surface area contributed by atoms with Crippen LogP contribution in [0.1, 0.15) is 26.9 Å². The van der Waals surface area contributed by atoms with E-state index >= 15 is 0 Å². The van der Waals surface area contributed by atoms with Crippen molar-refractivity contribution in [2.75, 3.05) is 16.0 Å². The van der Waals surface area contributed by atoms with E-state index in [0.29, 0.717) is 16.3 Å². The fraction of sp³-hybridized carbons (Fsp3) is 0.130. The van der Waals surface area contributed by atoms with Gasteiger partial charge < -0.3 is 5.32 Å². The van der Waals surface area contributed by atoms with Gasteiger partial charge in [0.15, 0.2) is 0 Å². The minimum Gasteiger partial charge on any atom is -0.322 e. The highest BCUT2D eigenvalue weighted by molar-refractivity contribution is 8.00. The van der Waals surface area contributed by atoms with Gasteiger partial charge in [-0.25, -0.2) is 4.39 Å². The Hall–Kier alpha value is -2.83. The first-order chi connectivity index (χ1) is 14.5. The molecule has 3 aromatic rings. The Bertz CT molecular complexity index is 1140. The van der Waals surface area contributed by atoms with Gasteiger partial charge in [0.05, 0.1) is 22.0 Å². The zero-order valence-electron chi connectivity index (χ0n) is 16.1. The van der Waals surface area contributed by atoms with Gasteiger partial charge in [-0.1, -0.05) is 48.0 Å². The maximum Gasteiger partial charge on any atom is 0.257 e. The summed E-state index contributed by atoms with van der Waals surface area (Å²) in [4.78, 5) is 26.9. The third kappa shape index (κ3) is 3.93. The summed E-state index contributed by atoms with van der Waals surface area (Å²) in [6.07, 6.45) is 0. The number of hydrogen-bond donors (Lipinski definition) is 1. The van der Waals surface area contributed by atoms with Gasteiger partial charge in [-0.3, -0.25) is 14.5 Å². The van der Waals surface area contributed by atoms with Crippen molar-refractivity contribution in [1.82, 2.24) is 0 Å². The zero-order chi connectivity index (χ0) is 21.3. The largest absolute Gasteiger partial charge is 0.322 e. The molecule has 1 saturated heterocycles. The van der Waals surface area contributed by atoms with Crippen LogP contribution in [0.2, 0.25) is 5.02 Å². The molecule has 2 amide bonds. The van der Waals surface area contributed by atoms with Crippen LogP contribution < -0.4 is 10.2 Å². The lowest BCUT2D eigenvalue weighted by Crippen LogP contribution is -2.29. The Morgan fingerprint density at radius 2 is 1.87 bits per heavy atom. The van der Waals surface area contributed by atoms with Crippen molar-refractivity contribution in [2.45, 2.75) is 12.3 Å². The summed E-state index contributed by atoms with van der Waals surface area (Å²) in [5.41, 5.74) is 2.71. The van der Waals surface area contributed by atoms with Crippen molar-refractivity contribution in [1.29, 1.82) is 0 Å². The van der Waals surface area contributed by atoms with E-state index in [-0.39, 0.29) is 23.3 Å². The molecule has 1 aliphatic rings. The minimum atomic E-state index is -0.462. The molecule has 1 fully saturated rings. The molecular weight excluding hydrogens is 423 g/mol. The number of thioether (sulfide) groups is 1. The molecule has 3 aromatic carbocycles. The van der Waals surface area contributed by atoms with E-state index in [1.807, 2.05) is 19.1 Å². The summed E-state index contributed by atoms with van der Waals surface area (Å²) in [6.45, 7) is 1.85. The number of benzene rings is 3. The molecule has 0 spiro atoms. The summed E-state index contributed by atoms with van der Waals surface area (Å²) < 4.78 is 14.6. The Morgan fingerprint density at radius 3 is 2.67 bits per heavy atom. The number of carbonyl (C=O) groups excluding carboxylic acids is 2. The molecule has 1 N–H and O–H groups in total. The first-order valence-electron chi connectivity index (χ1n) is 9.30. The highest BCUT2D eigenvalue weighted by Crippen LogP contribution is 2.45. The summed E-state index contributed by atoms with van der Waals surface area (Å²) in [5.74, 6) is -0.762. The molecule has 1 heterocycles. The molecule has 0 radical (unpaired) electrons. The Labute approximate surface area is 183 Å². The van der Waals surface area contributed by atoms with Gasteiger partial charge in [0.1, 0.15) is 11.2 Å². The molecule has 0 bridgehead atoms. The van der Waals surface area contributed by atoms with Crippen LogP contribution in [0.15, 0.2) is 66.7 Å². The van der Waals surface area contributed by atoms with E-state index in [2.05, 4.69) is 5.32 Å². The van der Waals surface area contributed by atoms with Crippen LogP contribution in [0.25, 0.3) is 0 Å². The fourth-order valence-corrected chi connectivity index (χ4v) is 4.81. The summed E-state index contributed by atoms with van der Waals surface area (Å²) in [6, 6.07) is 18.7. The summed E-state index contributed by atoms with van der Waals surface area (Å²) in [7, 11) is 0. The quantitative estimate of drug-likeness (QED) is 0.556. The average molecular weight is 441 g/mol. The van der Waals surface area contributed by atoms with E-state index < -0.39 is 11.2 Å². The van der Waals surface area contributed by atoms with Gasteiger partial charge in [-0.15, -0.1) is 11.8 Å². The lowest BCUT2D eigenvalue weighted by molar-refractivity contribution is -0.115. The van der Waals surface area contributed by atoms with Gasteiger partial charge in [0, 0.05) is 11.3 Å². The van der Waals surface area contributed by atoms with E-state index in [9.17, 15) is 14.0 Å². The molecule has 30 heavy (non-hydrogen) atoms. The lowest BCUT2D eigenvalue weighted by atomic mass is 10.1. The molecule has 0 aliphatic carbocycles. The second-order valence-corrected chi connectivity index (χ2v) is 8.38. The fourth-order valence-electron chi connectivity index (χ4n) is 3.38. The van der Waals surface area contributed by atoms with Gasteiger partial charge >= 0.3 is 0 Å². The number of para-hydroxylation sites is 1. The van der Waals surface area contributed by atoms with Crippen molar-refractivity contribution in [3.63, 3.8) is 0 Å². The molecule has 0 unspecified atom stereocenters. The SMILES string of the molecule is Cc1ccc(F)c(N2C(=O)CS[C@H]2c2ccccc2NC(=O)c2ccccc2Cl)c1. The van der Waals surface area contributed by atoms with E-state index in [0.717, 1.165) is 11.1 Å². The highest BCUT2D eigenvalue weighted by Gasteiger charge is 2.37. The van der Waals surface area contributed by atoms with E-state index in [1.54, 1.807) is 48.5 Å². The predicted octanol–water partition coefficient (Wildman–Crippen LogP) is 5.82. The molecular formula is C23H18ClFN2O2S. The molecule has 1 atom stereocenters. The number of nitrogens with one attached hydrogen (secondary N) is 1. The highest BCUT2D eigenvalue weighted by atomic mass is 35.5. The van der Waals surface area contributed by atoms with Gasteiger partial charge in [-0.2, -0.15) is 0 Å². The van der Waals surface area contributed by atoms with E-state index in [4.69, 9.17) is 11.6 Å². The Balaban J connectivity index is 1.71. The normalized spacial score (nSPS) is 16.0. The zero-order valence-corrected chi connectivity index (χ0v) is 17.6. The second kappa shape index (κ2) is 8.50. The van der Waals surface area contributed by atoms with Gasteiger partial charge in [-0.05, 0) is 42.8 Å². The molecule has 4 nitrogen and oxygen atoms in total. The molecule has 4 rings (SSSR count). The van der Waals surface area contributed by atoms with Crippen molar-refractivity contribution in [3.05, 3.63) is 94.3 Å². The van der Waals surface area contributed by atoms with Crippen molar-refractivity contribution >= 4 is 46.6 Å². The molecule has 0 saturated carbocycles. The van der Waals surface area contributed by atoms with Crippen molar-refractivity contribution < 1.29 is 14.0 Å². The molecule has 0 aromatic heterocycles. The van der Waals surface area contributed by atoms with Crippen LogP contribution in [-0.4, -0.2) is 17.6 Å². The lowest BCUT2D eigenvalue weighted by Gasteiger charge is -2.26. The number of carbonyl (C=O) groups is 2. The minimum absolute atomic E-state index is 0.179. The number of nitrogens with zero attached hydrogens (tertiary/aromatic N) is 1. The third-order valence-corrected chi connectivity index (χ3v) is 6.35. The summed E-state index contributed by atoms with van der Waals surface area (Å²) >= 11 is 7.54. The maximum atomic E-state index is 14.6. The monoisotopic (exact) mass is 440 g/mol. The molecule has 1 aliphatic heterocycles. The van der Waals surface area contributed by atoms with Gasteiger partial charge in [0.25, 0.3) is 5.91 Å². The average Bonchev–Trinajstić information content (AvgIpc) is 3.11. The first kappa shape index (κ1) is 20.4. The second-order valence-electron chi connectivity index (χ2n) is 6.90. The number of aryl methyl sites for hydroxylation is 1. The number of amides is 2. The predicted molar refractivity (Wildman–Crippen MR) is 120 cm³/mol. The van der Waals surface area contributed by atoms with Crippen LogP contribution in [0.5, 0.6) is 0 Å². The van der Waals surface area contributed by atoms with Crippen LogP contribution in [-0.2, 0) is 4.79 Å². The third-order valence-electron chi connectivity index (χ3n) is 4.82. The van der Waals surface area contributed by atoms with Crippen molar-refractivity contribution in [2.24, 2.45) is 0 Å². The Kier molecular flexibility index (Phi) is 5.79. The van der Waals surface area contributed by atoms with Crippen molar-refractivity contribution in [3.8, 4) is 0 Å². The maximum absolute atomic E-state index is 14.6. The molecule has 7 heteroatoms. The number of halogens is 2. The number of rotatable bonds is 4. The number of anilines is 2. The van der Waals surface area contributed by atoms with Gasteiger partial charge in [0.2, 0.25) is 5.91 Å². The van der Waals surface area contributed by atoms with Crippen LogP contribution >= 0.6 is 23.4 Å².